The number of aromatic nitrogens is 1. The summed E-state index contributed by atoms with van der Waals surface area (Å²) in [6.07, 6.45) is 2.02. The van der Waals surface area contributed by atoms with Crippen molar-refractivity contribution in [3.63, 3.8) is 0 Å². The first-order chi connectivity index (χ1) is 8.33. The van der Waals surface area contributed by atoms with Crippen molar-refractivity contribution in [2.45, 2.75) is 10.8 Å². The fraction of sp³-hybridized carbons (Fsp3) is 0.154. The minimum absolute atomic E-state index is 0.390. The highest BCUT2D eigenvalue weighted by atomic mass is 35.5. The van der Waals surface area contributed by atoms with Crippen LogP contribution in [0.2, 0.25) is 0 Å². The van der Waals surface area contributed by atoms with E-state index in [9.17, 15) is 0 Å². The minimum atomic E-state index is 0.390. The Kier molecular flexibility index (Phi) is 4.29. The SMILES string of the molecule is CSc1ccccc1Oc1cccc(CCl)n1. The van der Waals surface area contributed by atoms with Gasteiger partial charge < -0.3 is 4.74 Å². The Morgan fingerprint density at radius 2 is 2.00 bits per heavy atom. The van der Waals surface area contributed by atoms with Gasteiger partial charge in [0, 0.05) is 11.0 Å². The highest BCUT2D eigenvalue weighted by Crippen LogP contribution is 2.30. The number of alkyl halides is 1. The zero-order chi connectivity index (χ0) is 12.1. The highest BCUT2D eigenvalue weighted by molar-refractivity contribution is 7.98. The van der Waals surface area contributed by atoms with Crippen molar-refractivity contribution in [1.82, 2.24) is 4.98 Å². The van der Waals surface area contributed by atoms with Gasteiger partial charge in [0.05, 0.1) is 11.6 Å². The van der Waals surface area contributed by atoms with E-state index >= 15 is 0 Å². The second kappa shape index (κ2) is 5.94. The van der Waals surface area contributed by atoms with E-state index < -0.39 is 0 Å². The number of ether oxygens (including phenoxy) is 1. The van der Waals surface area contributed by atoms with Crippen LogP contribution in [0.1, 0.15) is 5.69 Å². The zero-order valence-corrected chi connectivity index (χ0v) is 11.0. The summed E-state index contributed by atoms with van der Waals surface area (Å²) in [4.78, 5) is 5.39. The van der Waals surface area contributed by atoms with Crippen molar-refractivity contribution >= 4 is 23.4 Å². The third-order valence-electron chi connectivity index (χ3n) is 2.20. The summed E-state index contributed by atoms with van der Waals surface area (Å²) in [6.45, 7) is 0. The van der Waals surface area contributed by atoms with E-state index in [1.165, 1.54) is 0 Å². The smallest absolute Gasteiger partial charge is 0.219 e. The van der Waals surface area contributed by atoms with Gasteiger partial charge in [-0.25, -0.2) is 4.98 Å². The minimum Gasteiger partial charge on any atom is -0.438 e. The maximum Gasteiger partial charge on any atom is 0.219 e. The zero-order valence-electron chi connectivity index (χ0n) is 9.39. The number of benzene rings is 1. The van der Waals surface area contributed by atoms with Gasteiger partial charge in [-0.2, -0.15) is 0 Å². The molecular formula is C13H12ClNOS. The molecule has 0 aliphatic rings. The fourth-order valence-corrected chi connectivity index (χ4v) is 2.08. The van der Waals surface area contributed by atoms with E-state index in [1.54, 1.807) is 11.8 Å². The quantitative estimate of drug-likeness (QED) is 0.607. The first kappa shape index (κ1) is 12.3. The summed E-state index contributed by atoms with van der Waals surface area (Å²) < 4.78 is 5.75. The summed E-state index contributed by atoms with van der Waals surface area (Å²) in [7, 11) is 0. The molecule has 4 heteroatoms. The monoisotopic (exact) mass is 265 g/mol. The molecule has 1 heterocycles. The molecule has 0 aliphatic carbocycles. The fourth-order valence-electron chi connectivity index (χ4n) is 1.40. The summed E-state index contributed by atoms with van der Waals surface area (Å²) in [5, 5.41) is 0. The maximum absolute atomic E-state index is 5.75. The average Bonchev–Trinajstić information content (AvgIpc) is 2.39. The first-order valence-electron chi connectivity index (χ1n) is 5.16. The summed E-state index contributed by atoms with van der Waals surface area (Å²) >= 11 is 7.38. The van der Waals surface area contributed by atoms with Gasteiger partial charge >= 0.3 is 0 Å². The third-order valence-corrected chi connectivity index (χ3v) is 3.25. The first-order valence-corrected chi connectivity index (χ1v) is 6.92. The number of para-hydroxylation sites is 1. The summed E-state index contributed by atoms with van der Waals surface area (Å²) in [5.74, 6) is 1.78. The molecule has 2 nitrogen and oxygen atoms in total. The molecule has 88 valence electrons. The van der Waals surface area contributed by atoms with Crippen LogP contribution in [0.4, 0.5) is 0 Å². The molecule has 0 fully saturated rings. The molecule has 17 heavy (non-hydrogen) atoms. The van der Waals surface area contributed by atoms with Crippen LogP contribution in [0, 0.1) is 0 Å². The number of halogens is 1. The molecule has 2 rings (SSSR count). The Bertz CT molecular complexity index is 504. The highest BCUT2D eigenvalue weighted by Gasteiger charge is 2.04. The molecule has 0 amide bonds. The number of rotatable bonds is 4. The number of thioether (sulfide) groups is 1. The molecule has 0 spiro atoms. The second-order valence-electron chi connectivity index (χ2n) is 3.35. The van der Waals surface area contributed by atoms with Gasteiger partial charge in [-0.3, -0.25) is 0 Å². The molecule has 0 bridgehead atoms. The van der Waals surface area contributed by atoms with Crippen molar-refractivity contribution in [2.75, 3.05) is 6.26 Å². The molecule has 1 aromatic carbocycles. The lowest BCUT2D eigenvalue weighted by Crippen LogP contribution is -1.92. The Labute approximate surface area is 110 Å². The van der Waals surface area contributed by atoms with E-state index in [2.05, 4.69) is 4.98 Å². The van der Waals surface area contributed by atoms with Gasteiger partial charge in [0.2, 0.25) is 5.88 Å². The van der Waals surface area contributed by atoms with E-state index in [1.807, 2.05) is 48.7 Å². The van der Waals surface area contributed by atoms with Crippen LogP contribution < -0.4 is 4.74 Å². The maximum atomic E-state index is 5.75. The van der Waals surface area contributed by atoms with Crippen LogP contribution in [-0.4, -0.2) is 11.2 Å². The van der Waals surface area contributed by atoms with Crippen molar-refractivity contribution in [2.24, 2.45) is 0 Å². The summed E-state index contributed by atoms with van der Waals surface area (Å²) in [6, 6.07) is 13.5. The molecule has 0 aliphatic heterocycles. The van der Waals surface area contributed by atoms with Crippen LogP contribution in [0.3, 0.4) is 0 Å². The predicted molar refractivity (Wildman–Crippen MR) is 72.1 cm³/mol. The van der Waals surface area contributed by atoms with Crippen molar-refractivity contribution < 1.29 is 4.74 Å². The van der Waals surface area contributed by atoms with Crippen LogP contribution >= 0.6 is 23.4 Å². The van der Waals surface area contributed by atoms with Gasteiger partial charge in [0.1, 0.15) is 5.75 Å². The van der Waals surface area contributed by atoms with E-state index in [-0.39, 0.29) is 0 Å². The number of hydrogen-bond donors (Lipinski definition) is 0. The number of hydrogen-bond acceptors (Lipinski definition) is 3. The lowest BCUT2D eigenvalue weighted by Gasteiger charge is -2.08. The van der Waals surface area contributed by atoms with Gasteiger partial charge in [0.25, 0.3) is 0 Å². The average molecular weight is 266 g/mol. The van der Waals surface area contributed by atoms with Gasteiger partial charge in [-0.1, -0.05) is 18.2 Å². The molecule has 0 saturated carbocycles. The van der Waals surface area contributed by atoms with Crippen molar-refractivity contribution in [1.29, 1.82) is 0 Å². The standard InChI is InChI=1S/C13H12ClNOS/c1-17-12-7-3-2-6-11(12)16-13-8-4-5-10(9-14)15-13/h2-8H,9H2,1H3. The molecule has 0 N–H and O–H groups in total. The third kappa shape index (κ3) is 3.14. The van der Waals surface area contributed by atoms with Crippen molar-refractivity contribution in [3.8, 4) is 11.6 Å². The topological polar surface area (TPSA) is 22.1 Å². The van der Waals surface area contributed by atoms with Gasteiger partial charge in [-0.15, -0.1) is 23.4 Å². The summed E-state index contributed by atoms with van der Waals surface area (Å²) in [5.41, 5.74) is 0.811. The molecule has 0 atom stereocenters. The molecule has 1 aromatic heterocycles. The van der Waals surface area contributed by atoms with E-state index in [0.717, 1.165) is 16.3 Å². The predicted octanol–water partition coefficient (Wildman–Crippen LogP) is 4.33. The Morgan fingerprint density at radius 3 is 2.76 bits per heavy atom. The molecule has 0 radical (unpaired) electrons. The van der Waals surface area contributed by atoms with Gasteiger partial charge in [-0.05, 0) is 24.5 Å². The van der Waals surface area contributed by atoms with Crippen LogP contribution in [0.25, 0.3) is 0 Å². The lowest BCUT2D eigenvalue weighted by atomic mass is 10.3. The molecular weight excluding hydrogens is 254 g/mol. The molecule has 2 aromatic rings. The Hall–Kier alpha value is -1.19. The lowest BCUT2D eigenvalue weighted by molar-refractivity contribution is 0.451. The largest absolute Gasteiger partial charge is 0.438 e. The van der Waals surface area contributed by atoms with Crippen molar-refractivity contribution in [3.05, 3.63) is 48.2 Å². The van der Waals surface area contributed by atoms with Gasteiger partial charge in [0.15, 0.2) is 0 Å². The van der Waals surface area contributed by atoms with E-state index in [4.69, 9.17) is 16.3 Å². The number of pyridine rings is 1. The molecule has 0 unspecified atom stereocenters. The second-order valence-corrected chi connectivity index (χ2v) is 4.47. The van der Waals surface area contributed by atoms with Crippen LogP contribution in [-0.2, 0) is 5.88 Å². The normalized spacial score (nSPS) is 10.2. The van der Waals surface area contributed by atoms with Crippen LogP contribution in [0.5, 0.6) is 11.6 Å². The van der Waals surface area contributed by atoms with Crippen LogP contribution in [0.15, 0.2) is 47.4 Å². The van der Waals surface area contributed by atoms with E-state index in [0.29, 0.717) is 11.8 Å². The Balaban J connectivity index is 2.24. The Morgan fingerprint density at radius 1 is 1.18 bits per heavy atom. The number of nitrogens with zero attached hydrogens (tertiary/aromatic N) is 1. The molecule has 0 saturated heterocycles.